The highest BCUT2D eigenvalue weighted by molar-refractivity contribution is 5.97. The number of hydrogen-bond acceptors (Lipinski definition) is 4. The third kappa shape index (κ3) is 2.92. The van der Waals surface area contributed by atoms with E-state index in [4.69, 9.17) is 10.8 Å². The number of amides is 1. The van der Waals surface area contributed by atoms with Crippen LogP contribution in [0.15, 0.2) is 18.3 Å². The summed E-state index contributed by atoms with van der Waals surface area (Å²) in [6.07, 6.45) is 1.50. The van der Waals surface area contributed by atoms with E-state index in [9.17, 15) is 4.79 Å². The van der Waals surface area contributed by atoms with Crippen LogP contribution >= 0.6 is 0 Å². The molecule has 1 rings (SSSR count). The first-order valence-electron chi connectivity index (χ1n) is 4.60. The number of aliphatic hydroxyl groups excluding tert-OH is 1. The van der Waals surface area contributed by atoms with Gasteiger partial charge in [-0.15, -0.1) is 0 Å². The van der Waals surface area contributed by atoms with Gasteiger partial charge in [0.1, 0.15) is 0 Å². The third-order valence-corrected chi connectivity index (χ3v) is 1.90. The molecular weight excluding hydrogens is 194 g/mol. The number of anilines is 1. The quantitative estimate of drug-likeness (QED) is 0.662. The molecule has 0 aliphatic carbocycles. The molecule has 0 aromatic carbocycles. The van der Waals surface area contributed by atoms with Crippen LogP contribution in [0.25, 0.3) is 0 Å². The monoisotopic (exact) mass is 209 g/mol. The lowest BCUT2D eigenvalue weighted by Crippen LogP contribution is -2.46. The predicted molar refractivity (Wildman–Crippen MR) is 57.3 cm³/mol. The van der Waals surface area contributed by atoms with Gasteiger partial charge < -0.3 is 16.2 Å². The second-order valence-corrected chi connectivity index (χ2v) is 3.94. The second kappa shape index (κ2) is 4.27. The first kappa shape index (κ1) is 11.5. The van der Waals surface area contributed by atoms with Crippen LogP contribution in [0, 0.1) is 0 Å². The molecule has 0 unspecified atom stereocenters. The molecule has 0 aliphatic rings. The van der Waals surface area contributed by atoms with E-state index >= 15 is 0 Å². The average molecular weight is 209 g/mol. The molecule has 0 saturated carbocycles. The summed E-state index contributed by atoms with van der Waals surface area (Å²) in [7, 11) is 0. The Hall–Kier alpha value is -1.62. The summed E-state index contributed by atoms with van der Waals surface area (Å²) < 4.78 is 0. The number of rotatable bonds is 3. The van der Waals surface area contributed by atoms with Gasteiger partial charge in [0.05, 0.1) is 17.8 Å². The largest absolute Gasteiger partial charge is 0.397 e. The van der Waals surface area contributed by atoms with Crippen LogP contribution in [-0.4, -0.2) is 28.1 Å². The SMILES string of the molecule is CC(C)(CO)NC(=O)c1ncccc1N. The Morgan fingerprint density at radius 3 is 2.87 bits per heavy atom. The Balaban J connectivity index is 2.83. The zero-order chi connectivity index (χ0) is 11.5. The van der Waals surface area contributed by atoms with Crippen molar-refractivity contribution in [2.24, 2.45) is 0 Å². The molecule has 0 bridgehead atoms. The fraction of sp³-hybridized carbons (Fsp3) is 0.400. The predicted octanol–water partition coefficient (Wildman–Crippen LogP) is 0.164. The van der Waals surface area contributed by atoms with Crippen molar-refractivity contribution in [3.05, 3.63) is 24.0 Å². The van der Waals surface area contributed by atoms with Gasteiger partial charge in [0.15, 0.2) is 5.69 Å². The topological polar surface area (TPSA) is 88.2 Å². The normalized spacial score (nSPS) is 11.1. The molecular formula is C10H15N3O2. The number of aliphatic hydroxyl groups is 1. The lowest BCUT2D eigenvalue weighted by Gasteiger charge is -2.23. The van der Waals surface area contributed by atoms with Crippen molar-refractivity contribution in [2.75, 3.05) is 12.3 Å². The Labute approximate surface area is 88.3 Å². The summed E-state index contributed by atoms with van der Waals surface area (Å²) in [6, 6.07) is 3.26. The molecule has 0 spiro atoms. The fourth-order valence-corrected chi connectivity index (χ4v) is 1.01. The number of nitrogens with two attached hydrogens (primary N) is 1. The van der Waals surface area contributed by atoms with E-state index in [0.717, 1.165) is 0 Å². The van der Waals surface area contributed by atoms with Crippen molar-refractivity contribution in [3.8, 4) is 0 Å². The molecule has 0 saturated heterocycles. The zero-order valence-electron chi connectivity index (χ0n) is 8.82. The minimum absolute atomic E-state index is 0.147. The maximum absolute atomic E-state index is 11.7. The van der Waals surface area contributed by atoms with E-state index in [-0.39, 0.29) is 18.2 Å². The number of hydrogen-bond donors (Lipinski definition) is 3. The summed E-state index contributed by atoms with van der Waals surface area (Å²) in [4.78, 5) is 15.6. The number of carbonyl (C=O) groups excluding carboxylic acids is 1. The van der Waals surface area contributed by atoms with Crippen LogP contribution in [0.1, 0.15) is 24.3 Å². The van der Waals surface area contributed by atoms with Gasteiger partial charge in [0.2, 0.25) is 0 Å². The molecule has 15 heavy (non-hydrogen) atoms. The van der Waals surface area contributed by atoms with Crippen molar-refractivity contribution in [2.45, 2.75) is 19.4 Å². The molecule has 1 aromatic rings. The van der Waals surface area contributed by atoms with E-state index < -0.39 is 5.54 Å². The number of nitrogens with zero attached hydrogens (tertiary/aromatic N) is 1. The molecule has 5 nitrogen and oxygen atoms in total. The van der Waals surface area contributed by atoms with Gasteiger partial charge in [0, 0.05) is 6.20 Å². The first-order valence-corrected chi connectivity index (χ1v) is 4.60. The van der Waals surface area contributed by atoms with Crippen LogP contribution in [0.4, 0.5) is 5.69 Å². The highest BCUT2D eigenvalue weighted by Crippen LogP contribution is 2.09. The van der Waals surface area contributed by atoms with Crippen molar-refractivity contribution in [1.82, 2.24) is 10.3 Å². The highest BCUT2D eigenvalue weighted by Gasteiger charge is 2.21. The van der Waals surface area contributed by atoms with Crippen molar-refractivity contribution >= 4 is 11.6 Å². The number of nitrogens with one attached hydrogen (secondary N) is 1. The summed E-state index contributed by atoms with van der Waals surface area (Å²) in [6.45, 7) is 3.28. The van der Waals surface area contributed by atoms with E-state index in [1.54, 1.807) is 26.0 Å². The van der Waals surface area contributed by atoms with Gasteiger partial charge in [0.25, 0.3) is 5.91 Å². The highest BCUT2D eigenvalue weighted by atomic mass is 16.3. The summed E-state index contributed by atoms with van der Waals surface area (Å²) in [5, 5.41) is 11.6. The Bertz CT molecular complexity index is 363. The second-order valence-electron chi connectivity index (χ2n) is 3.94. The number of aromatic nitrogens is 1. The number of carbonyl (C=O) groups is 1. The molecule has 0 fully saturated rings. The van der Waals surface area contributed by atoms with Gasteiger partial charge in [-0.2, -0.15) is 0 Å². The van der Waals surface area contributed by atoms with E-state index in [0.29, 0.717) is 5.69 Å². The van der Waals surface area contributed by atoms with Crippen molar-refractivity contribution < 1.29 is 9.90 Å². The van der Waals surface area contributed by atoms with Crippen LogP contribution in [-0.2, 0) is 0 Å². The molecule has 82 valence electrons. The minimum atomic E-state index is -0.680. The molecule has 0 atom stereocenters. The standard InChI is InChI=1S/C10H15N3O2/c1-10(2,6-14)13-9(15)8-7(11)4-3-5-12-8/h3-5,14H,6,11H2,1-2H3,(H,13,15). The van der Waals surface area contributed by atoms with Gasteiger partial charge in [-0.3, -0.25) is 4.79 Å². The maximum atomic E-state index is 11.7. The van der Waals surface area contributed by atoms with Gasteiger partial charge in [-0.25, -0.2) is 4.98 Å². The number of pyridine rings is 1. The zero-order valence-corrected chi connectivity index (χ0v) is 8.82. The summed E-state index contributed by atoms with van der Waals surface area (Å²) in [5.74, 6) is -0.382. The maximum Gasteiger partial charge on any atom is 0.272 e. The molecule has 5 heteroatoms. The van der Waals surface area contributed by atoms with Crippen LogP contribution < -0.4 is 11.1 Å². The summed E-state index contributed by atoms with van der Waals surface area (Å²) >= 11 is 0. The number of nitrogen functional groups attached to an aromatic ring is 1. The molecule has 1 amide bonds. The lowest BCUT2D eigenvalue weighted by molar-refractivity contribution is 0.0865. The molecule has 4 N–H and O–H groups in total. The van der Waals surface area contributed by atoms with Crippen molar-refractivity contribution in [1.29, 1.82) is 0 Å². The van der Waals surface area contributed by atoms with Crippen LogP contribution in [0.2, 0.25) is 0 Å². The average Bonchev–Trinajstić information content (AvgIpc) is 2.17. The van der Waals surface area contributed by atoms with Crippen LogP contribution in [0.3, 0.4) is 0 Å². The van der Waals surface area contributed by atoms with E-state index in [2.05, 4.69) is 10.3 Å². The molecule has 0 aliphatic heterocycles. The van der Waals surface area contributed by atoms with E-state index in [1.807, 2.05) is 0 Å². The smallest absolute Gasteiger partial charge is 0.272 e. The molecule has 1 heterocycles. The fourth-order valence-electron chi connectivity index (χ4n) is 1.01. The molecule has 0 radical (unpaired) electrons. The minimum Gasteiger partial charge on any atom is -0.397 e. The Kier molecular flexibility index (Phi) is 3.26. The third-order valence-electron chi connectivity index (χ3n) is 1.90. The van der Waals surface area contributed by atoms with E-state index in [1.165, 1.54) is 6.20 Å². The van der Waals surface area contributed by atoms with Gasteiger partial charge >= 0.3 is 0 Å². The summed E-state index contributed by atoms with van der Waals surface area (Å²) in [5.41, 5.74) is 5.42. The lowest BCUT2D eigenvalue weighted by atomic mass is 10.1. The van der Waals surface area contributed by atoms with Gasteiger partial charge in [-0.05, 0) is 26.0 Å². The van der Waals surface area contributed by atoms with Crippen LogP contribution in [0.5, 0.6) is 0 Å². The van der Waals surface area contributed by atoms with Gasteiger partial charge in [-0.1, -0.05) is 0 Å². The first-order chi connectivity index (χ1) is 6.96. The molecule has 1 aromatic heterocycles. The Morgan fingerprint density at radius 2 is 2.33 bits per heavy atom. The van der Waals surface area contributed by atoms with Crippen molar-refractivity contribution in [3.63, 3.8) is 0 Å². The Morgan fingerprint density at radius 1 is 1.67 bits per heavy atom.